The minimum atomic E-state index is 0.0667. The molecule has 1 N–H and O–H groups in total. The Morgan fingerprint density at radius 3 is 2.80 bits per heavy atom. The number of halogens is 1. The van der Waals surface area contributed by atoms with Crippen molar-refractivity contribution in [3.8, 4) is 5.75 Å². The number of nitrogens with one attached hydrogen (secondary N) is 1. The Hall–Kier alpha value is -3.53. The van der Waals surface area contributed by atoms with Gasteiger partial charge in [-0.05, 0) is 69.0 Å². The van der Waals surface area contributed by atoms with Gasteiger partial charge in [0.15, 0.2) is 0 Å². The molecule has 1 amide bonds. The van der Waals surface area contributed by atoms with Gasteiger partial charge in [-0.3, -0.25) is 14.7 Å². The molecule has 0 aliphatic carbocycles. The van der Waals surface area contributed by atoms with Crippen LogP contribution >= 0.6 is 22.9 Å². The summed E-state index contributed by atoms with van der Waals surface area (Å²) in [5.41, 5.74) is 2.85. The predicted octanol–water partition coefficient (Wildman–Crippen LogP) is 6.38. The fourth-order valence-corrected chi connectivity index (χ4v) is 7.11. The van der Waals surface area contributed by atoms with Crippen LogP contribution in [0.1, 0.15) is 42.8 Å². The highest BCUT2D eigenvalue weighted by atomic mass is 35.5. The lowest BCUT2D eigenvalue weighted by molar-refractivity contribution is -0.126. The molecule has 0 spiro atoms. The van der Waals surface area contributed by atoms with Crippen molar-refractivity contribution in [3.05, 3.63) is 82.2 Å². The second kappa shape index (κ2) is 12.1. The molecule has 3 aromatic heterocycles. The monoisotopic (exact) mass is 588 g/mol. The summed E-state index contributed by atoms with van der Waals surface area (Å²) < 4.78 is 5.86. The summed E-state index contributed by atoms with van der Waals surface area (Å²) in [6.07, 6.45) is 10.3. The molecule has 0 bridgehead atoms. The van der Waals surface area contributed by atoms with Crippen molar-refractivity contribution in [2.45, 2.75) is 58.3 Å². The Kier molecular flexibility index (Phi) is 8.18. The summed E-state index contributed by atoms with van der Waals surface area (Å²) in [6.45, 7) is 6.95. The molecule has 2 atom stereocenters. The Morgan fingerprint density at radius 2 is 2.02 bits per heavy atom. The number of pyridine rings is 1. The van der Waals surface area contributed by atoms with Gasteiger partial charge in [0, 0.05) is 48.0 Å². The van der Waals surface area contributed by atoms with E-state index in [2.05, 4.69) is 39.0 Å². The van der Waals surface area contributed by atoms with Gasteiger partial charge in [0.05, 0.1) is 22.6 Å². The average molecular weight is 589 g/mol. The van der Waals surface area contributed by atoms with Crippen LogP contribution in [0.2, 0.25) is 5.02 Å². The number of thiophene rings is 1. The van der Waals surface area contributed by atoms with Gasteiger partial charge in [0.2, 0.25) is 5.91 Å². The molecule has 10 heteroatoms. The normalized spacial score (nSPS) is 19.1. The van der Waals surface area contributed by atoms with Crippen LogP contribution in [-0.4, -0.2) is 55.8 Å². The molecule has 8 nitrogen and oxygen atoms in total. The van der Waals surface area contributed by atoms with E-state index in [1.807, 2.05) is 47.4 Å². The molecule has 0 saturated carbocycles. The van der Waals surface area contributed by atoms with Crippen LogP contribution < -0.4 is 10.1 Å². The first kappa shape index (κ1) is 27.6. The van der Waals surface area contributed by atoms with E-state index in [-0.39, 0.29) is 5.91 Å². The van der Waals surface area contributed by atoms with Crippen molar-refractivity contribution in [1.82, 2.24) is 24.8 Å². The quantitative estimate of drug-likeness (QED) is 0.239. The SMILES string of the molecule is CC1CCC(C)N1C/C=C/C(=O)N1CCc2c(sc3ncnc(Nc4ccc(OCc5ccccn5)c(Cl)c4)c23)C1. The Balaban J connectivity index is 1.13. The number of amides is 1. The molecule has 0 radical (unpaired) electrons. The first-order valence-corrected chi connectivity index (χ1v) is 15.2. The van der Waals surface area contributed by atoms with Crippen LogP contribution in [0.15, 0.2) is 61.1 Å². The molecular weight excluding hydrogens is 556 g/mol. The zero-order valence-corrected chi connectivity index (χ0v) is 24.8. The van der Waals surface area contributed by atoms with Crippen LogP contribution in [0.3, 0.4) is 0 Å². The standard InChI is InChI=1S/C31H33ClN6O2S/c1-20-8-9-21(2)38(20)14-5-7-28(39)37-15-12-24-27(17-37)41-31-29(24)30(34-19-35-31)36-22-10-11-26(25(32)16-22)40-18-23-6-3-4-13-33-23/h3-7,10-11,13,16,19-21H,8-9,12,14-15,17-18H2,1-2H3,(H,34,35,36)/b7-5+. The van der Waals surface area contributed by atoms with Crippen molar-refractivity contribution >= 4 is 50.6 Å². The number of hydrogen-bond donors (Lipinski definition) is 1. The highest BCUT2D eigenvalue weighted by molar-refractivity contribution is 7.19. The lowest BCUT2D eigenvalue weighted by Gasteiger charge is -2.27. The summed E-state index contributed by atoms with van der Waals surface area (Å²) in [7, 11) is 0. The number of nitrogens with zero attached hydrogens (tertiary/aromatic N) is 5. The zero-order chi connectivity index (χ0) is 28.3. The smallest absolute Gasteiger partial charge is 0.246 e. The molecule has 2 aliphatic rings. The van der Waals surface area contributed by atoms with Crippen LogP contribution in [-0.2, 0) is 24.4 Å². The fraction of sp³-hybridized carbons (Fsp3) is 0.355. The van der Waals surface area contributed by atoms with E-state index in [1.165, 1.54) is 18.4 Å². The Morgan fingerprint density at radius 1 is 1.17 bits per heavy atom. The third-order valence-corrected chi connectivity index (χ3v) is 9.38. The molecule has 6 rings (SSSR count). The third kappa shape index (κ3) is 6.07. The third-order valence-electron chi connectivity index (χ3n) is 7.96. The van der Waals surface area contributed by atoms with Crippen molar-refractivity contribution in [2.75, 3.05) is 18.4 Å². The molecule has 1 saturated heterocycles. The molecule has 2 unspecified atom stereocenters. The topological polar surface area (TPSA) is 83.5 Å². The van der Waals surface area contributed by atoms with E-state index >= 15 is 0 Å². The molecule has 41 heavy (non-hydrogen) atoms. The van der Waals surface area contributed by atoms with E-state index in [1.54, 1.807) is 29.9 Å². The van der Waals surface area contributed by atoms with Gasteiger partial charge in [-0.2, -0.15) is 0 Å². The van der Waals surface area contributed by atoms with Gasteiger partial charge in [0.1, 0.15) is 29.3 Å². The molecule has 5 heterocycles. The molecule has 1 aromatic carbocycles. The second-order valence-electron chi connectivity index (χ2n) is 10.7. The van der Waals surface area contributed by atoms with E-state index < -0.39 is 0 Å². The fourth-order valence-electron chi connectivity index (χ4n) is 5.67. The maximum absolute atomic E-state index is 13.0. The molecule has 212 valence electrons. The molecule has 4 aromatic rings. The summed E-state index contributed by atoms with van der Waals surface area (Å²) in [5, 5.41) is 4.94. The predicted molar refractivity (Wildman–Crippen MR) is 164 cm³/mol. The van der Waals surface area contributed by atoms with Crippen LogP contribution in [0.4, 0.5) is 11.5 Å². The van der Waals surface area contributed by atoms with Crippen LogP contribution in [0.25, 0.3) is 10.2 Å². The van der Waals surface area contributed by atoms with Crippen molar-refractivity contribution in [2.24, 2.45) is 0 Å². The minimum absolute atomic E-state index is 0.0667. The molecule has 2 aliphatic heterocycles. The highest BCUT2D eigenvalue weighted by Crippen LogP contribution is 2.39. The Labute approximate surface area is 249 Å². The van der Waals surface area contributed by atoms with Crippen LogP contribution in [0, 0.1) is 0 Å². The Bertz CT molecular complexity index is 1570. The van der Waals surface area contributed by atoms with Gasteiger partial charge in [-0.25, -0.2) is 9.97 Å². The lowest BCUT2D eigenvalue weighted by Crippen LogP contribution is -2.35. The van der Waals surface area contributed by atoms with Crippen molar-refractivity contribution < 1.29 is 9.53 Å². The van der Waals surface area contributed by atoms with E-state index in [9.17, 15) is 4.79 Å². The van der Waals surface area contributed by atoms with E-state index in [0.717, 1.165) is 45.3 Å². The summed E-state index contributed by atoms with van der Waals surface area (Å²) in [4.78, 5) is 32.9. The van der Waals surface area contributed by atoms with Gasteiger partial charge < -0.3 is 15.0 Å². The number of hydrogen-bond acceptors (Lipinski definition) is 8. The van der Waals surface area contributed by atoms with Gasteiger partial charge in [-0.1, -0.05) is 23.7 Å². The number of rotatable bonds is 8. The first-order chi connectivity index (χ1) is 20.0. The highest BCUT2D eigenvalue weighted by Gasteiger charge is 2.27. The van der Waals surface area contributed by atoms with Crippen molar-refractivity contribution in [1.29, 1.82) is 0 Å². The van der Waals surface area contributed by atoms with Crippen molar-refractivity contribution in [3.63, 3.8) is 0 Å². The maximum atomic E-state index is 13.0. The summed E-state index contributed by atoms with van der Waals surface area (Å²) >= 11 is 8.18. The zero-order valence-electron chi connectivity index (χ0n) is 23.2. The second-order valence-corrected chi connectivity index (χ2v) is 12.2. The number of aromatic nitrogens is 3. The summed E-state index contributed by atoms with van der Waals surface area (Å²) in [5.74, 6) is 1.39. The molecule has 1 fully saturated rings. The number of benzene rings is 1. The van der Waals surface area contributed by atoms with E-state index in [4.69, 9.17) is 16.3 Å². The number of carbonyl (C=O) groups is 1. The van der Waals surface area contributed by atoms with Crippen LogP contribution in [0.5, 0.6) is 5.75 Å². The summed E-state index contributed by atoms with van der Waals surface area (Å²) in [6, 6.07) is 12.5. The minimum Gasteiger partial charge on any atom is -0.486 e. The number of ether oxygens (including phenoxy) is 1. The number of carbonyl (C=O) groups excluding carboxylic acids is 1. The van der Waals surface area contributed by atoms with Gasteiger partial charge in [-0.15, -0.1) is 11.3 Å². The van der Waals surface area contributed by atoms with E-state index in [0.29, 0.717) is 42.6 Å². The number of anilines is 2. The maximum Gasteiger partial charge on any atom is 0.246 e. The van der Waals surface area contributed by atoms with Gasteiger partial charge in [0.25, 0.3) is 0 Å². The first-order valence-electron chi connectivity index (χ1n) is 14.0. The lowest BCUT2D eigenvalue weighted by atomic mass is 10.0. The number of fused-ring (bicyclic) bond motifs is 3. The molecular formula is C31H33ClN6O2S. The average Bonchev–Trinajstić information content (AvgIpc) is 3.52. The largest absolute Gasteiger partial charge is 0.486 e. The van der Waals surface area contributed by atoms with Gasteiger partial charge >= 0.3 is 0 Å². The number of likely N-dealkylation sites (tertiary alicyclic amines) is 1.